The van der Waals surface area contributed by atoms with Gasteiger partial charge in [0.25, 0.3) is 0 Å². The molecule has 5 heteroatoms. The normalized spacial score (nSPS) is 21.2. The molecule has 108 valence electrons. The molecule has 3 rings (SSSR count). The maximum atomic E-state index is 13.3. The van der Waals surface area contributed by atoms with Gasteiger partial charge in [-0.05, 0) is 38.3 Å². The van der Waals surface area contributed by atoms with E-state index in [2.05, 4.69) is 9.55 Å². The number of aromatic nitrogens is 2. The van der Waals surface area contributed by atoms with Crippen LogP contribution in [0.5, 0.6) is 0 Å². The lowest BCUT2D eigenvalue weighted by Crippen LogP contribution is -2.25. The van der Waals surface area contributed by atoms with E-state index >= 15 is 0 Å². The average molecular weight is 297 g/mol. The number of benzene rings is 1. The number of alkyl halides is 1. The van der Waals surface area contributed by atoms with Crippen LogP contribution in [0.2, 0.25) is 0 Å². The van der Waals surface area contributed by atoms with E-state index in [0.717, 1.165) is 37.3 Å². The lowest BCUT2D eigenvalue weighted by molar-refractivity contribution is 0.00619. The van der Waals surface area contributed by atoms with Crippen molar-refractivity contribution in [2.24, 2.45) is 0 Å². The van der Waals surface area contributed by atoms with Crippen molar-refractivity contribution < 1.29 is 9.13 Å². The second-order valence-corrected chi connectivity index (χ2v) is 5.97. The van der Waals surface area contributed by atoms with Crippen molar-refractivity contribution in [3.63, 3.8) is 0 Å². The highest BCUT2D eigenvalue weighted by molar-refractivity contribution is 6.20. The van der Waals surface area contributed by atoms with Crippen molar-refractivity contribution in [2.75, 3.05) is 6.61 Å². The molecule has 0 radical (unpaired) electrons. The number of ether oxygens (including phenoxy) is 1. The Morgan fingerprint density at radius 2 is 2.35 bits per heavy atom. The summed E-state index contributed by atoms with van der Waals surface area (Å²) in [4.78, 5) is 4.47. The molecule has 1 aliphatic heterocycles. The standard InChI is InChI=1S/C15H18ClFN2O/c1-10(16)15-18-13-8-11(17)5-6-14(13)19(15)9-12-4-2-3-7-20-12/h5-6,8,10,12H,2-4,7,9H2,1H3. The van der Waals surface area contributed by atoms with E-state index in [9.17, 15) is 4.39 Å². The maximum absolute atomic E-state index is 13.3. The zero-order valence-electron chi connectivity index (χ0n) is 11.5. The van der Waals surface area contributed by atoms with Crippen LogP contribution in [-0.4, -0.2) is 22.3 Å². The summed E-state index contributed by atoms with van der Waals surface area (Å²) in [7, 11) is 0. The Morgan fingerprint density at radius 3 is 3.05 bits per heavy atom. The monoisotopic (exact) mass is 296 g/mol. The third-order valence-corrected chi connectivity index (χ3v) is 3.95. The minimum Gasteiger partial charge on any atom is -0.376 e. The smallest absolute Gasteiger partial charge is 0.127 e. The van der Waals surface area contributed by atoms with E-state index in [1.54, 1.807) is 6.07 Å². The number of nitrogens with zero attached hydrogens (tertiary/aromatic N) is 2. The molecule has 0 aliphatic carbocycles. The molecule has 0 amide bonds. The third kappa shape index (κ3) is 2.67. The summed E-state index contributed by atoms with van der Waals surface area (Å²) in [5.41, 5.74) is 1.58. The number of halogens is 2. The van der Waals surface area contributed by atoms with Gasteiger partial charge in [0.05, 0.1) is 29.1 Å². The van der Waals surface area contributed by atoms with Crippen molar-refractivity contribution in [1.29, 1.82) is 0 Å². The fourth-order valence-corrected chi connectivity index (χ4v) is 2.94. The minimum absolute atomic E-state index is 0.195. The van der Waals surface area contributed by atoms with Crippen LogP contribution in [0.1, 0.15) is 37.4 Å². The molecule has 1 aromatic carbocycles. The first-order valence-corrected chi connectivity index (χ1v) is 7.50. The van der Waals surface area contributed by atoms with E-state index in [0.29, 0.717) is 5.52 Å². The van der Waals surface area contributed by atoms with Crippen molar-refractivity contribution in [2.45, 2.75) is 44.2 Å². The molecule has 1 aliphatic rings. The first-order chi connectivity index (χ1) is 9.65. The average Bonchev–Trinajstić information content (AvgIpc) is 2.78. The van der Waals surface area contributed by atoms with Gasteiger partial charge in [0, 0.05) is 12.7 Å². The Hall–Kier alpha value is -1.13. The highest BCUT2D eigenvalue weighted by Gasteiger charge is 2.20. The van der Waals surface area contributed by atoms with Gasteiger partial charge < -0.3 is 9.30 Å². The summed E-state index contributed by atoms with van der Waals surface area (Å²) in [5.74, 6) is 0.506. The summed E-state index contributed by atoms with van der Waals surface area (Å²) in [6.45, 7) is 3.43. The molecule has 1 aromatic heterocycles. The first kappa shape index (κ1) is 13.8. The molecule has 20 heavy (non-hydrogen) atoms. The Bertz CT molecular complexity index is 605. The van der Waals surface area contributed by atoms with Crippen molar-refractivity contribution in [1.82, 2.24) is 9.55 Å². The number of hydrogen-bond acceptors (Lipinski definition) is 2. The van der Waals surface area contributed by atoms with Gasteiger partial charge in [-0.1, -0.05) is 0 Å². The van der Waals surface area contributed by atoms with Crippen LogP contribution in [-0.2, 0) is 11.3 Å². The van der Waals surface area contributed by atoms with Gasteiger partial charge in [-0.3, -0.25) is 0 Å². The topological polar surface area (TPSA) is 27.1 Å². The molecule has 2 atom stereocenters. The molecule has 1 saturated heterocycles. The predicted octanol–water partition coefficient (Wildman–Crippen LogP) is 4.04. The largest absolute Gasteiger partial charge is 0.376 e. The second kappa shape index (κ2) is 5.70. The number of hydrogen-bond donors (Lipinski definition) is 0. The van der Waals surface area contributed by atoms with Gasteiger partial charge in [0.15, 0.2) is 0 Å². The summed E-state index contributed by atoms with van der Waals surface area (Å²) in [5, 5.41) is -0.214. The molecule has 2 heterocycles. The number of rotatable bonds is 3. The third-order valence-electron chi connectivity index (χ3n) is 3.76. The van der Waals surface area contributed by atoms with Crippen LogP contribution in [0.15, 0.2) is 18.2 Å². The molecule has 1 fully saturated rings. The van der Waals surface area contributed by atoms with Gasteiger partial charge in [0.2, 0.25) is 0 Å². The maximum Gasteiger partial charge on any atom is 0.127 e. The van der Waals surface area contributed by atoms with Crippen LogP contribution in [0.4, 0.5) is 4.39 Å². The minimum atomic E-state index is -0.273. The zero-order valence-corrected chi connectivity index (χ0v) is 12.2. The van der Waals surface area contributed by atoms with Crippen LogP contribution in [0.3, 0.4) is 0 Å². The van der Waals surface area contributed by atoms with Gasteiger partial charge >= 0.3 is 0 Å². The van der Waals surface area contributed by atoms with Gasteiger partial charge in [-0.25, -0.2) is 9.37 Å². The molecule has 2 aromatic rings. The predicted molar refractivity (Wildman–Crippen MR) is 77.6 cm³/mol. The molecule has 0 saturated carbocycles. The summed E-state index contributed by atoms with van der Waals surface area (Å²) >= 11 is 6.22. The van der Waals surface area contributed by atoms with Gasteiger partial charge in [-0.2, -0.15) is 0 Å². The molecular weight excluding hydrogens is 279 g/mol. The van der Waals surface area contributed by atoms with E-state index in [-0.39, 0.29) is 17.3 Å². The fraction of sp³-hybridized carbons (Fsp3) is 0.533. The summed E-state index contributed by atoms with van der Waals surface area (Å²) in [6.07, 6.45) is 3.57. The van der Waals surface area contributed by atoms with Crippen molar-refractivity contribution in [3.05, 3.63) is 29.8 Å². The Kier molecular flexibility index (Phi) is 3.94. The molecule has 3 nitrogen and oxygen atoms in total. The van der Waals surface area contributed by atoms with Crippen LogP contribution in [0, 0.1) is 5.82 Å². The SMILES string of the molecule is CC(Cl)c1nc2cc(F)ccc2n1CC1CCCCO1. The van der Waals surface area contributed by atoms with Crippen LogP contribution in [0.25, 0.3) is 11.0 Å². The van der Waals surface area contributed by atoms with Crippen LogP contribution < -0.4 is 0 Å². The van der Waals surface area contributed by atoms with E-state index in [1.165, 1.54) is 18.6 Å². The highest BCUT2D eigenvalue weighted by atomic mass is 35.5. The number of imidazole rings is 1. The fourth-order valence-electron chi connectivity index (χ4n) is 2.77. The summed E-state index contributed by atoms with van der Waals surface area (Å²) in [6, 6.07) is 4.69. The second-order valence-electron chi connectivity index (χ2n) is 5.32. The zero-order chi connectivity index (χ0) is 14.1. The lowest BCUT2D eigenvalue weighted by atomic mass is 10.1. The Balaban J connectivity index is 1.99. The Labute approximate surface area is 122 Å². The summed E-state index contributed by atoms with van der Waals surface area (Å²) < 4.78 is 21.2. The lowest BCUT2D eigenvalue weighted by Gasteiger charge is -2.24. The van der Waals surface area contributed by atoms with E-state index in [4.69, 9.17) is 16.3 Å². The molecule has 0 N–H and O–H groups in total. The van der Waals surface area contributed by atoms with E-state index < -0.39 is 0 Å². The molecule has 0 bridgehead atoms. The first-order valence-electron chi connectivity index (χ1n) is 7.06. The molecule has 0 spiro atoms. The molecular formula is C15H18ClFN2O. The Morgan fingerprint density at radius 1 is 1.50 bits per heavy atom. The van der Waals surface area contributed by atoms with Crippen molar-refractivity contribution >= 4 is 22.6 Å². The van der Waals surface area contributed by atoms with E-state index in [1.807, 2.05) is 6.92 Å². The quantitative estimate of drug-likeness (QED) is 0.799. The van der Waals surface area contributed by atoms with Gasteiger partial charge in [-0.15, -0.1) is 11.6 Å². The van der Waals surface area contributed by atoms with Crippen molar-refractivity contribution in [3.8, 4) is 0 Å². The highest BCUT2D eigenvalue weighted by Crippen LogP contribution is 2.27. The molecule has 2 unspecified atom stereocenters. The van der Waals surface area contributed by atoms with Gasteiger partial charge in [0.1, 0.15) is 11.6 Å². The number of fused-ring (bicyclic) bond motifs is 1. The van der Waals surface area contributed by atoms with Crippen LogP contribution >= 0.6 is 11.6 Å².